The number of carbonyl (C=O) groups excluding carboxylic acids is 1. The van der Waals surface area contributed by atoms with Crippen LogP contribution in [0.4, 0.5) is 0 Å². The van der Waals surface area contributed by atoms with E-state index in [0.717, 1.165) is 32.1 Å². The van der Waals surface area contributed by atoms with Crippen LogP contribution in [0.25, 0.3) is 0 Å². The molecule has 1 amide bonds. The average molecular weight is 286 g/mol. The summed E-state index contributed by atoms with van der Waals surface area (Å²) in [5, 5.41) is 3.03. The topological polar surface area (TPSA) is 64.3 Å². The van der Waals surface area contributed by atoms with Crippen LogP contribution < -0.4 is 11.1 Å². The predicted octanol–water partition coefficient (Wildman–Crippen LogP) is 2.01. The molecule has 0 unspecified atom stereocenters. The summed E-state index contributed by atoms with van der Waals surface area (Å²) in [5.41, 5.74) is 5.21. The van der Waals surface area contributed by atoms with Crippen LogP contribution >= 0.6 is 12.2 Å². The van der Waals surface area contributed by atoms with E-state index in [1.165, 1.54) is 0 Å². The smallest absolute Gasteiger partial charge is 0.233 e. The fourth-order valence-electron chi connectivity index (χ4n) is 2.52. The van der Waals surface area contributed by atoms with Gasteiger partial charge in [0.2, 0.25) is 5.91 Å². The first-order valence-electron chi connectivity index (χ1n) is 6.91. The van der Waals surface area contributed by atoms with E-state index in [4.69, 9.17) is 22.7 Å². The molecule has 1 rings (SSSR count). The van der Waals surface area contributed by atoms with Crippen molar-refractivity contribution in [1.29, 1.82) is 0 Å². The predicted molar refractivity (Wildman–Crippen MR) is 81.0 cm³/mol. The van der Waals surface area contributed by atoms with E-state index in [-0.39, 0.29) is 11.3 Å². The summed E-state index contributed by atoms with van der Waals surface area (Å²) in [4.78, 5) is 12.8. The van der Waals surface area contributed by atoms with E-state index in [2.05, 4.69) is 19.2 Å². The van der Waals surface area contributed by atoms with Crippen LogP contribution in [0.2, 0.25) is 0 Å². The number of hydrogen-bond acceptors (Lipinski definition) is 3. The van der Waals surface area contributed by atoms with Crippen molar-refractivity contribution < 1.29 is 9.53 Å². The molecule has 19 heavy (non-hydrogen) atoms. The van der Waals surface area contributed by atoms with Crippen molar-refractivity contribution in [2.45, 2.75) is 46.0 Å². The minimum Gasteiger partial charge on any atom is -0.392 e. The maximum atomic E-state index is 12.4. The molecule has 0 saturated heterocycles. The van der Waals surface area contributed by atoms with Crippen LogP contribution in [0.3, 0.4) is 0 Å². The van der Waals surface area contributed by atoms with Gasteiger partial charge in [0.15, 0.2) is 0 Å². The van der Waals surface area contributed by atoms with Gasteiger partial charge in [-0.3, -0.25) is 4.79 Å². The maximum Gasteiger partial charge on any atom is 0.233 e. The molecule has 0 bridgehead atoms. The number of nitrogens with one attached hydrogen (secondary N) is 1. The molecule has 0 aromatic rings. The van der Waals surface area contributed by atoms with Crippen molar-refractivity contribution in [1.82, 2.24) is 5.32 Å². The van der Waals surface area contributed by atoms with Crippen LogP contribution in [0.15, 0.2) is 0 Å². The molecule has 0 aromatic carbocycles. The Morgan fingerprint density at radius 2 is 2.00 bits per heavy atom. The lowest BCUT2D eigenvalue weighted by Crippen LogP contribution is -2.49. The second kappa shape index (κ2) is 6.66. The largest absolute Gasteiger partial charge is 0.392 e. The van der Waals surface area contributed by atoms with Crippen LogP contribution in [0.5, 0.6) is 0 Å². The summed E-state index contributed by atoms with van der Waals surface area (Å²) >= 11 is 5.12. The minimum absolute atomic E-state index is 0.00277. The second-order valence-corrected chi connectivity index (χ2v) is 6.68. The van der Waals surface area contributed by atoms with Crippen LogP contribution in [0, 0.1) is 10.8 Å². The summed E-state index contributed by atoms with van der Waals surface area (Å²) in [6.07, 6.45) is 4.53. The quantitative estimate of drug-likeness (QED) is 0.703. The molecule has 110 valence electrons. The fraction of sp³-hybridized carbons (Fsp3) is 0.857. The third-order valence-electron chi connectivity index (χ3n) is 4.07. The lowest BCUT2D eigenvalue weighted by molar-refractivity contribution is -0.127. The molecular weight excluding hydrogens is 260 g/mol. The fourth-order valence-corrected chi connectivity index (χ4v) is 2.82. The first-order valence-corrected chi connectivity index (χ1v) is 7.32. The summed E-state index contributed by atoms with van der Waals surface area (Å²) in [6.45, 7) is 5.56. The highest BCUT2D eigenvalue weighted by molar-refractivity contribution is 7.80. The highest BCUT2D eigenvalue weighted by Gasteiger charge is 2.44. The van der Waals surface area contributed by atoms with Crippen molar-refractivity contribution in [3.05, 3.63) is 0 Å². The average Bonchev–Trinajstić information content (AvgIpc) is 2.84. The first kappa shape index (κ1) is 16.4. The number of hydrogen-bond donors (Lipinski definition) is 2. The Hall–Kier alpha value is -0.680. The second-order valence-electron chi connectivity index (χ2n) is 6.24. The number of carbonyl (C=O) groups is 1. The van der Waals surface area contributed by atoms with Crippen molar-refractivity contribution >= 4 is 23.1 Å². The standard InChI is InChI=1S/C14H26N2O2S/c1-13(2,8-9-18-3)10-16-12(17)14(11(15)19)6-4-5-7-14/h4-10H2,1-3H3,(H2,15,19)(H,16,17). The van der Waals surface area contributed by atoms with Crippen LogP contribution in [-0.2, 0) is 9.53 Å². The summed E-state index contributed by atoms with van der Waals surface area (Å²) in [6, 6.07) is 0. The van der Waals surface area contributed by atoms with Gasteiger partial charge in [-0.2, -0.15) is 0 Å². The summed E-state index contributed by atoms with van der Waals surface area (Å²) < 4.78 is 5.09. The van der Waals surface area contributed by atoms with E-state index in [0.29, 0.717) is 18.1 Å². The van der Waals surface area contributed by atoms with E-state index in [9.17, 15) is 4.79 Å². The van der Waals surface area contributed by atoms with Crippen LogP contribution in [0.1, 0.15) is 46.0 Å². The molecular formula is C14H26N2O2S. The van der Waals surface area contributed by atoms with Crippen molar-refractivity contribution in [2.75, 3.05) is 20.3 Å². The van der Waals surface area contributed by atoms with Gasteiger partial charge in [-0.1, -0.05) is 38.9 Å². The van der Waals surface area contributed by atoms with E-state index >= 15 is 0 Å². The van der Waals surface area contributed by atoms with Gasteiger partial charge in [0.1, 0.15) is 0 Å². The molecule has 3 N–H and O–H groups in total. The van der Waals surface area contributed by atoms with Crippen molar-refractivity contribution in [3.63, 3.8) is 0 Å². The molecule has 5 heteroatoms. The Labute approximate surface area is 121 Å². The summed E-state index contributed by atoms with van der Waals surface area (Å²) in [5.74, 6) is 0.00277. The number of ether oxygens (including phenoxy) is 1. The Balaban J connectivity index is 2.56. The zero-order chi connectivity index (χ0) is 14.5. The maximum absolute atomic E-state index is 12.4. The lowest BCUT2D eigenvalue weighted by atomic mass is 9.84. The van der Waals surface area contributed by atoms with Gasteiger partial charge in [-0.25, -0.2) is 0 Å². The third kappa shape index (κ3) is 4.14. The molecule has 1 aliphatic carbocycles. The van der Waals surface area contributed by atoms with E-state index < -0.39 is 5.41 Å². The summed E-state index contributed by atoms with van der Waals surface area (Å²) in [7, 11) is 1.69. The molecule has 1 aliphatic rings. The SMILES string of the molecule is COCCC(C)(C)CNC(=O)C1(C(N)=S)CCCC1. The molecule has 0 heterocycles. The lowest BCUT2D eigenvalue weighted by Gasteiger charge is -2.30. The van der Waals surface area contributed by atoms with Crippen molar-refractivity contribution in [2.24, 2.45) is 16.6 Å². The van der Waals surface area contributed by atoms with Crippen molar-refractivity contribution in [3.8, 4) is 0 Å². The molecule has 1 fully saturated rings. The molecule has 0 aromatic heterocycles. The highest BCUT2D eigenvalue weighted by atomic mass is 32.1. The number of amides is 1. The molecule has 0 aliphatic heterocycles. The van der Waals surface area contributed by atoms with Gasteiger partial charge in [-0.15, -0.1) is 0 Å². The zero-order valence-corrected chi connectivity index (χ0v) is 13.1. The van der Waals surface area contributed by atoms with Gasteiger partial charge in [0.25, 0.3) is 0 Å². The number of methoxy groups -OCH3 is 1. The first-order chi connectivity index (χ1) is 8.84. The monoisotopic (exact) mass is 286 g/mol. The van der Waals surface area contributed by atoms with Gasteiger partial charge in [-0.05, 0) is 24.7 Å². The number of rotatable bonds is 7. The zero-order valence-electron chi connectivity index (χ0n) is 12.3. The normalized spacial score (nSPS) is 18.3. The third-order valence-corrected chi connectivity index (χ3v) is 4.46. The number of thiocarbonyl (C=S) groups is 1. The van der Waals surface area contributed by atoms with Gasteiger partial charge < -0.3 is 15.8 Å². The molecule has 0 spiro atoms. The Kier molecular flexibility index (Phi) is 5.74. The van der Waals surface area contributed by atoms with Gasteiger partial charge in [0, 0.05) is 20.3 Å². The molecule has 0 atom stereocenters. The van der Waals surface area contributed by atoms with Crippen LogP contribution in [-0.4, -0.2) is 31.2 Å². The van der Waals surface area contributed by atoms with E-state index in [1.54, 1.807) is 7.11 Å². The Bertz CT molecular complexity index is 336. The number of nitrogens with two attached hydrogens (primary N) is 1. The minimum atomic E-state index is -0.604. The molecule has 4 nitrogen and oxygen atoms in total. The van der Waals surface area contributed by atoms with Gasteiger partial charge in [0.05, 0.1) is 10.4 Å². The molecule has 0 radical (unpaired) electrons. The highest BCUT2D eigenvalue weighted by Crippen LogP contribution is 2.38. The Morgan fingerprint density at radius 3 is 2.47 bits per heavy atom. The van der Waals surface area contributed by atoms with Gasteiger partial charge >= 0.3 is 0 Å². The van der Waals surface area contributed by atoms with E-state index in [1.807, 2.05) is 0 Å². The Morgan fingerprint density at radius 1 is 1.42 bits per heavy atom. The molecule has 1 saturated carbocycles.